The van der Waals surface area contributed by atoms with Crippen molar-refractivity contribution < 1.29 is 19.1 Å². The molecule has 1 amide bonds. The standard InChI is InChI=1S/C11H20N4O4/c1-11(2,3)19-10(17)14-6-5-13-7-15-8(12)9(16)18-4/h7H,5-6H2,1-4H3,(H,14,17)(H2,12,13,15). The number of aliphatic imine (C=N–C) groups is 1. The summed E-state index contributed by atoms with van der Waals surface area (Å²) in [4.78, 5) is 25.5. The number of hydrogen-bond donors (Lipinski definition) is 3. The molecule has 0 heterocycles. The fraction of sp³-hybridized carbons (Fsp3) is 0.636. The number of nitrogens with one attached hydrogen (secondary N) is 3. The maximum atomic E-state index is 11.2. The number of carbonyl (C=O) groups is 2. The van der Waals surface area contributed by atoms with Gasteiger partial charge in [-0.2, -0.15) is 0 Å². The molecule has 0 aliphatic heterocycles. The van der Waals surface area contributed by atoms with Gasteiger partial charge in [0.2, 0.25) is 5.84 Å². The Kier molecular flexibility index (Phi) is 7.16. The zero-order chi connectivity index (χ0) is 14.9. The number of amides is 1. The van der Waals surface area contributed by atoms with Gasteiger partial charge in [-0.1, -0.05) is 0 Å². The van der Waals surface area contributed by atoms with Crippen LogP contribution in [0.15, 0.2) is 4.99 Å². The Balaban J connectivity index is 3.71. The van der Waals surface area contributed by atoms with E-state index in [0.717, 1.165) is 0 Å². The summed E-state index contributed by atoms with van der Waals surface area (Å²) in [6, 6.07) is 0. The molecule has 0 aromatic rings. The Bertz CT molecular complexity index is 360. The van der Waals surface area contributed by atoms with Crippen molar-refractivity contribution in [3.8, 4) is 0 Å². The van der Waals surface area contributed by atoms with Crippen LogP contribution in [-0.4, -0.2) is 50.0 Å². The Morgan fingerprint density at radius 2 is 1.95 bits per heavy atom. The normalized spacial score (nSPS) is 10.9. The second-order valence-corrected chi connectivity index (χ2v) is 4.48. The second-order valence-electron chi connectivity index (χ2n) is 4.48. The third-order valence-corrected chi connectivity index (χ3v) is 1.60. The first-order valence-electron chi connectivity index (χ1n) is 5.66. The summed E-state index contributed by atoms with van der Waals surface area (Å²) >= 11 is 0. The summed E-state index contributed by atoms with van der Waals surface area (Å²) in [5, 5.41) is 12.4. The van der Waals surface area contributed by atoms with Crippen LogP contribution in [0.25, 0.3) is 0 Å². The first kappa shape index (κ1) is 16.9. The molecule has 0 saturated carbocycles. The van der Waals surface area contributed by atoms with Crippen LogP contribution in [0, 0.1) is 5.41 Å². The van der Waals surface area contributed by atoms with Gasteiger partial charge in [0.05, 0.1) is 13.4 Å². The third kappa shape index (κ3) is 9.57. The van der Waals surface area contributed by atoms with Gasteiger partial charge in [-0.25, -0.2) is 14.6 Å². The van der Waals surface area contributed by atoms with Gasteiger partial charge in [-0.3, -0.25) is 5.41 Å². The van der Waals surface area contributed by atoms with Gasteiger partial charge >= 0.3 is 12.1 Å². The highest BCUT2D eigenvalue weighted by molar-refractivity contribution is 6.35. The third-order valence-electron chi connectivity index (χ3n) is 1.60. The van der Waals surface area contributed by atoms with Crippen molar-refractivity contribution in [2.24, 2.45) is 4.99 Å². The predicted molar refractivity (Wildman–Crippen MR) is 70.5 cm³/mol. The fourth-order valence-electron chi connectivity index (χ4n) is 0.875. The van der Waals surface area contributed by atoms with E-state index in [1.807, 2.05) is 0 Å². The van der Waals surface area contributed by atoms with Crippen molar-refractivity contribution in [2.75, 3.05) is 20.2 Å². The zero-order valence-corrected chi connectivity index (χ0v) is 11.6. The molecule has 8 nitrogen and oxygen atoms in total. The summed E-state index contributed by atoms with van der Waals surface area (Å²) < 4.78 is 9.31. The van der Waals surface area contributed by atoms with Crippen molar-refractivity contribution >= 4 is 24.2 Å². The largest absolute Gasteiger partial charge is 0.463 e. The molecule has 0 radical (unpaired) electrons. The molecular weight excluding hydrogens is 252 g/mol. The van der Waals surface area contributed by atoms with Gasteiger partial charge in [-0.15, -0.1) is 0 Å². The van der Waals surface area contributed by atoms with Crippen LogP contribution in [0.3, 0.4) is 0 Å². The molecule has 8 heteroatoms. The molecule has 0 bridgehead atoms. The predicted octanol–water partition coefficient (Wildman–Crippen LogP) is 0.279. The van der Waals surface area contributed by atoms with Crippen LogP contribution in [0.4, 0.5) is 4.79 Å². The lowest BCUT2D eigenvalue weighted by molar-refractivity contribution is -0.132. The number of amidine groups is 1. The molecule has 19 heavy (non-hydrogen) atoms. The van der Waals surface area contributed by atoms with Gasteiger partial charge < -0.3 is 20.1 Å². The second kappa shape index (κ2) is 8.06. The number of rotatable bonds is 4. The zero-order valence-electron chi connectivity index (χ0n) is 11.6. The molecule has 0 aliphatic carbocycles. The average molecular weight is 272 g/mol. The Morgan fingerprint density at radius 1 is 1.32 bits per heavy atom. The number of carbonyl (C=O) groups excluding carboxylic acids is 2. The molecule has 0 fully saturated rings. The van der Waals surface area contributed by atoms with Crippen LogP contribution >= 0.6 is 0 Å². The maximum Gasteiger partial charge on any atom is 0.407 e. The maximum absolute atomic E-state index is 11.2. The van der Waals surface area contributed by atoms with E-state index in [0.29, 0.717) is 13.1 Å². The van der Waals surface area contributed by atoms with E-state index < -0.39 is 23.5 Å². The van der Waals surface area contributed by atoms with E-state index in [9.17, 15) is 9.59 Å². The summed E-state index contributed by atoms with van der Waals surface area (Å²) in [6.07, 6.45) is 0.685. The quantitative estimate of drug-likeness (QED) is 0.294. The summed E-state index contributed by atoms with van der Waals surface area (Å²) in [5.41, 5.74) is -0.533. The lowest BCUT2D eigenvalue weighted by Gasteiger charge is -2.19. The number of methoxy groups -OCH3 is 1. The van der Waals surface area contributed by atoms with E-state index in [1.165, 1.54) is 13.4 Å². The van der Waals surface area contributed by atoms with Crippen molar-refractivity contribution in [3.05, 3.63) is 0 Å². The van der Waals surface area contributed by atoms with Crippen LogP contribution in [0.5, 0.6) is 0 Å². The number of alkyl carbamates (subject to hydrolysis) is 1. The molecule has 0 spiro atoms. The number of nitrogens with zero attached hydrogens (tertiary/aromatic N) is 1. The average Bonchev–Trinajstić information content (AvgIpc) is 2.29. The van der Waals surface area contributed by atoms with Crippen molar-refractivity contribution in [2.45, 2.75) is 26.4 Å². The van der Waals surface area contributed by atoms with E-state index in [2.05, 4.69) is 20.4 Å². The molecule has 0 atom stereocenters. The Hall–Kier alpha value is -2.12. The summed E-state index contributed by atoms with van der Waals surface area (Å²) in [7, 11) is 1.17. The van der Waals surface area contributed by atoms with E-state index in [-0.39, 0.29) is 0 Å². The van der Waals surface area contributed by atoms with Crippen LogP contribution in [-0.2, 0) is 14.3 Å². The molecule has 0 rings (SSSR count). The minimum absolute atomic E-state index is 0.326. The SMILES string of the molecule is COC(=O)C(=N)/N=C\NCCNC(=O)OC(C)(C)C. The Labute approximate surface area is 112 Å². The monoisotopic (exact) mass is 272 g/mol. The molecule has 3 N–H and O–H groups in total. The summed E-state index contributed by atoms with van der Waals surface area (Å²) in [5.74, 6) is -1.32. The highest BCUT2D eigenvalue weighted by Crippen LogP contribution is 2.05. The lowest BCUT2D eigenvalue weighted by Crippen LogP contribution is -2.36. The fourth-order valence-corrected chi connectivity index (χ4v) is 0.875. The number of ether oxygens (including phenoxy) is 2. The van der Waals surface area contributed by atoms with Crippen LogP contribution in [0.2, 0.25) is 0 Å². The summed E-state index contributed by atoms with van der Waals surface area (Å²) in [6.45, 7) is 6.03. The molecule has 0 unspecified atom stereocenters. The highest BCUT2D eigenvalue weighted by atomic mass is 16.6. The van der Waals surface area contributed by atoms with Gasteiger partial charge in [0, 0.05) is 13.1 Å². The highest BCUT2D eigenvalue weighted by Gasteiger charge is 2.15. The van der Waals surface area contributed by atoms with E-state index in [1.54, 1.807) is 20.8 Å². The number of esters is 1. The van der Waals surface area contributed by atoms with Crippen molar-refractivity contribution in [1.29, 1.82) is 5.41 Å². The van der Waals surface area contributed by atoms with Gasteiger partial charge in [0.1, 0.15) is 5.60 Å². The van der Waals surface area contributed by atoms with Crippen LogP contribution < -0.4 is 10.6 Å². The van der Waals surface area contributed by atoms with Crippen LogP contribution in [0.1, 0.15) is 20.8 Å². The van der Waals surface area contributed by atoms with E-state index >= 15 is 0 Å². The van der Waals surface area contributed by atoms with Gasteiger partial charge in [0.25, 0.3) is 0 Å². The molecule has 108 valence electrons. The Morgan fingerprint density at radius 3 is 2.47 bits per heavy atom. The van der Waals surface area contributed by atoms with Crippen molar-refractivity contribution in [3.63, 3.8) is 0 Å². The first-order chi connectivity index (χ1) is 8.76. The van der Waals surface area contributed by atoms with Gasteiger partial charge in [-0.05, 0) is 20.8 Å². The lowest BCUT2D eigenvalue weighted by atomic mass is 10.2. The van der Waals surface area contributed by atoms with Gasteiger partial charge in [0.15, 0.2) is 0 Å². The minimum Gasteiger partial charge on any atom is -0.463 e. The minimum atomic E-state index is -0.815. The number of hydrogen-bond acceptors (Lipinski definition) is 5. The smallest absolute Gasteiger partial charge is 0.407 e. The first-order valence-corrected chi connectivity index (χ1v) is 5.66. The van der Waals surface area contributed by atoms with Crippen molar-refractivity contribution in [1.82, 2.24) is 10.6 Å². The topological polar surface area (TPSA) is 113 Å². The molecule has 0 saturated heterocycles. The molecular formula is C11H20N4O4. The molecule has 0 aliphatic rings. The molecule has 0 aromatic carbocycles. The van der Waals surface area contributed by atoms with E-state index in [4.69, 9.17) is 10.1 Å². The molecule has 0 aromatic heterocycles.